The van der Waals surface area contributed by atoms with Crippen molar-refractivity contribution >= 4 is 5.91 Å². The zero-order valence-electron chi connectivity index (χ0n) is 11.0. The second-order valence-corrected chi connectivity index (χ2v) is 5.66. The van der Waals surface area contributed by atoms with Gasteiger partial charge in [0.05, 0.1) is 11.6 Å². The molecule has 3 rings (SSSR count). The van der Waals surface area contributed by atoms with Crippen LogP contribution in [0.2, 0.25) is 0 Å². The number of ether oxygens (including phenoxy) is 1. The minimum atomic E-state index is -0.656. The van der Waals surface area contributed by atoms with Crippen molar-refractivity contribution in [2.45, 2.75) is 43.7 Å². The Kier molecular flexibility index (Phi) is 3.19. The summed E-state index contributed by atoms with van der Waals surface area (Å²) in [4.78, 5) is 12.3. The van der Waals surface area contributed by atoms with Gasteiger partial charge in [-0.25, -0.2) is 0 Å². The van der Waals surface area contributed by atoms with Crippen LogP contribution in [0.25, 0.3) is 0 Å². The first-order valence-electron chi connectivity index (χ1n) is 6.98. The Balaban J connectivity index is 1.64. The monoisotopic (exact) mass is 260 g/mol. The number of fused-ring (bicyclic) bond motifs is 1. The molecule has 4 heteroatoms. The number of hydrogen-bond acceptors (Lipinski definition) is 3. The first-order chi connectivity index (χ1) is 9.17. The first kappa shape index (κ1) is 12.5. The van der Waals surface area contributed by atoms with Gasteiger partial charge in [0.15, 0.2) is 0 Å². The standard InChI is InChI=1S/C15H20N2O2/c16-15(7-3-4-8-15)14(18)17-12-9-11-5-1-2-6-13(11)19-10-12/h1-2,5-6,12H,3-4,7-10,16H2,(H,17,18). The summed E-state index contributed by atoms with van der Waals surface area (Å²) in [5, 5.41) is 3.05. The highest BCUT2D eigenvalue weighted by molar-refractivity contribution is 5.86. The molecule has 0 spiro atoms. The van der Waals surface area contributed by atoms with E-state index >= 15 is 0 Å². The van der Waals surface area contributed by atoms with Crippen LogP contribution in [0.4, 0.5) is 0 Å². The number of carbonyl (C=O) groups excluding carboxylic acids is 1. The van der Waals surface area contributed by atoms with Crippen molar-refractivity contribution in [3.8, 4) is 5.75 Å². The number of para-hydroxylation sites is 1. The summed E-state index contributed by atoms with van der Waals surface area (Å²) in [6.07, 6.45) is 4.51. The first-order valence-corrected chi connectivity index (χ1v) is 6.98. The Morgan fingerprint density at radius 3 is 2.84 bits per heavy atom. The zero-order valence-corrected chi connectivity index (χ0v) is 11.0. The number of benzene rings is 1. The maximum Gasteiger partial charge on any atom is 0.240 e. The van der Waals surface area contributed by atoms with Gasteiger partial charge < -0.3 is 15.8 Å². The number of nitrogens with one attached hydrogen (secondary N) is 1. The third kappa shape index (κ3) is 2.45. The molecule has 1 aliphatic carbocycles. The van der Waals surface area contributed by atoms with Crippen molar-refractivity contribution in [3.63, 3.8) is 0 Å². The molecule has 1 saturated carbocycles. The van der Waals surface area contributed by atoms with Crippen molar-refractivity contribution in [2.24, 2.45) is 5.73 Å². The van der Waals surface area contributed by atoms with Gasteiger partial charge in [0.2, 0.25) is 5.91 Å². The van der Waals surface area contributed by atoms with Gasteiger partial charge in [-0.15, -0.1) is 0 Å². The SMILES string of the molecule is NC1(C(=O)NC2COc3ccccc3C2)CCCC1. The molecule has 0 radical (unpaired) electrons. The fourth-order valence-electron chi connectivity index (χ4n) is 2.98. The molecule has 1 unspecified atom stereocenters. The van der Waals surface area contributed by atoms with Gasteiger partial charge in [-0.05, 0) is 30.9 Å². The Bertz CT molecular complexity index is 481. The smallest absolute Gasteiger partial charge is 0.240 e. The largest absolute Gasteiger partial charge is 0.491 e. The summed E-state index contributed by atoms with van der Waals surface area (Å²) in [5.74, 6) is 0.911. The molecular formula is C15H20N2O2. The molecule has 1 aromatic rings. The van der Waals surface area contributed by atoms with Crippen LogP contribution in [0.15, 0.2) is 24.3 Å². The van der Waals surface area contributed by atoms with Crippen LogP contribution in [-0.4, -0.2) is 24.1 Å². The van der Waals surface area contributed by atoms with Crippen LogP contribution >= 0.6 is 0 Å². The predicted octanol–water partition coefficient (Wildman–Crippen LogP) is 1.38. The minimum absolute atomic E-state index is 0.0158. The second-order valence-electron chi connectivity index (χ2n) is 5.66. The van der Waals surface area contributed by atoms with Gasteiger partial charge in [0.1, 0.15) is 12.4 Å². The number of amides is 1. The van der Waals surface area contributed by atoms with Crippen LogP contribution in [0, 0.1) is 0 Å². The average molecular weight is 260 g/mol. The number of nitrogens with two attached hydrogens (primary N) is 1. The molecule has 2 aliphatic rings. The molecule has 1 atom stereocenters. The van der Waals surface area contributed by atoms with E-state index in [0.29, 0.717) is 6.61 Å². The average Bonchev–Trinajstić information content (AvgIpc) is 2.87. The van der Waals surface area contributed by atoms with Crippen molar-refractivity contribution in [3.05, 3.63) is 29.8 Å². The highest BCUT2D eigenvalue weighted by Gasteiger charge is 2.38. The highest BCUT2D eigenvalue weighted by atomic mass is 16.5. The minimum Gasteiger partial charge on any atom is -0.491 e. The molecule has 1 aliphatic heterocycles. The van der Waals surface area contributed by atoms with Crippen LogP contribution in [-0.2, 0) is 11.2 Å². The van der Waals surface area contributed by atoms with E-state index in [0.717, 1.165) is 43.4 Å². The van der Waals surface area contributed by atoms with Crippen LogP contribution < -0.4 is 15.8 Å². The van der Waals surface area contributed by atoms with Gasteiger partial charge in [-0.3, -0.25) is 4.79 Å². The summed E-state index contributed by atoms with van der Waals surface area (Å²) in [6, 6.07) is 8.00. The maximum atomic E-state index is 12.3. The molecule has 4 nitrogen and oxygen atoms in total. The molecule has 1 fully saturated rings. The molecule has 19 heavy (non-hydrogen) atoms. The molecule has 1 heterocycles. The van der Waals surface area contributed by atoms with E-state index in [2.05, 4.69) is 5.32 Å². The Morgan fingerprint density at radius 1 is 1.32 bits per heavy atom. The maximum absolute atomic E-state index is 12.3. The van der Waals surface area contributed by atoms with Crippen molar-refractivity contribution in [2.75, 3.05) is 6.61 Å². The topological polar surface area (TPSA) is 64.4 Å². The van der Waals surface area contributed by atoms with Crippen molar-refractivity contribution in [1.82, 2.24) is 5.32 Å². The second kappa shape index (κ2) is 4.85. The van der Waals surface area contributed by atoms with E-state index in [9.17, 15) is 4.79 Å². The normalized spacial score (nSPS) is 24.4. The van der Waals surface area contributed by atoms with Crippen LogP contribution in [0.3, 0.4) is 0 Å². The van der Waals surface area contributed by atoms with Gasteiger partial charge in [-0.2, -0.15) is 0 Å². The van der Waals surface area contributed by atoms with Crippen LogP contribution in [0.5, 0.6) is 5.75 Å². The molecule has 3 N–H and O–H groups in total. The van der Waals surface area contributed by atoms with Crippen LogP contribution in [0.1, 0.15) is 31.2 Å². The molecule has 0 saturated heterocycles. The third-order valence-corrected chi connectivity index (χ3v) is 4.16. The summed E-state index contributed by atoms with van der Waals surface area (Å²) in [6.45, 7) is 0.527. The van der Waals surface area contributed by atoms with Gasteiger partial charge in [0, 0.05) is 0 Å². The molecule has 102 valence electrons. The van der Waals surface area contributed by atoms with E-state index in [1.54, 1.807) is 0 Å². The summed E-state index contributed by atoms with van der Waals surface area (Å²) in [5.41, 5.74) is 6.66. The zero-order chi connectivity index (χ0) is 13.3. The third-order valence-electron chi connectivity index (χ3n) is 4.16. The number of rotatable bonds is 2. The fraction of sp³-hybridized carbons (Fsp3) is 0.533. The lowest BCUT2D eigenvalue weighted by molar-refractivity contribution is -0.127. The molecule has 1 amide bonds. The van der Waals surface area contributed by atoms with E-state index in [-0.39, 0.29) is 11.9 Å². The van der Waals surface area contributed by atoms with E-state index in [1.165, 1.54) is 0 Å². The predicted molar refractivity (Wildman–Crippen MR) is 73.0 cm³/mol. The van der Waals surface area contributed by atoms with E-state index in [1.807, 2.05) is 24.3 Å². The van der Waals surface area contributed by atoms with Gasteiger partial charge in [0.25, 0.3) is 0 Å². The fourth-order valence-corrected chi connectivity index (χ4v) is 2.98. The Labute approximate surface area is 113 Å². The summed E-state index contributed by atoms with van der Waals surface area (Å²) in [7, 11) is 0. The summed E-state index contributed by atoms with van der Waals surface area (Å²) < 4.78 is 5.68. The van der Waals surface area contributed by atoms with Gasteiger partial charge in [-0.1, -0.05) is 31.0 Å². The molecular weight excluding hydrogens is 240 g/mol. The van der Waals surface area contributed by atoms with E-state index < -0.39 is 5.54 Å². The van der Waals surface area contributed by atoms with E-state index in [4.69, 9.17) is 10.5 Å². The van der Waals surface area contributed by atoms with Gasteiger partial charge >= 0.3 is 0 Å². The lowest BCUT2D eigenvalue weighted by Gasteiger charge is -2.30. The Morgan fingerprint density at radius 2 is 2.05 bits per heavy atom. The molecule has 1 aromatic carbocycles. The van der Waals surface area contributed by atoms with Crippen molar-refractivity contribution < 1.29 is 9.53 Å². The van der Waals surface area contributed by atoms with Crippen molar-refractivity contribution in [1.29, 1.82) is 0 Å². The lowest BCUT2D eigenvalue weighted by Crippen LogP contribution is -2.56. The Hall–Kier alpha value is -1.55. The molecule has 0 aromatic heterocycles. The quantitative estimate of drug-likeness (QED) is 0.844. The lowest BCUT2D eigenvalue weighted by atomic mass is 9.96. The molecule has 0 bridgehead atoms. The number of carbonyl (C=O) groups is 1. The number of hydrogen-bond donors (Lipinski definition) is 2. The highest BCUT2D eigenvalue weighted by Crippen LogP contribution is 2.28. The summed E-state index contributed by atoms with van der Waals surface area (Å²) >= 11 is 0.